The number of rotatable bonds is 7. The van der Waals surface area contributed by atoms with E-state index in [1.165, 1.54) is 11.8 Å². The van der Waals surface area contributed by atoms with Crippen molar-refractivity contribution in [3.8, 4) is 5.75 Å². The molecule has 1 aromatic heterocycles. The SMILES string of the molecule is Cc1cc(OC(C)c2nnc(SCC(=O)Nc3cccc(C)c3C)n2C)ccc1Cl. The zero-order valence-corrected chi connectivity index (χ0v) is 19.3. The maximum absolute atomic E-state index is 12.4. The van der Waals surface area contributed by atoms with E-state index >= 15 is 0 Å². The molecule has 0 aliphatic carbocycles. The maximum Gasteiger partial charge on any atom is 0.234 e. The second-order valence-electron chi connectivity index (χ2n) is 7.16. The average molecular weight is 445 g/mol. The van der Waals surface area contributed by atoms with Crippen molar-refractivity contribution < 1.29 is 9.53 Å². The zero-order chi connectivity index (χ0) is 21.8. The predicted molar refractivity (Wildman–Crippen MR) is 122 cm³/mol. The molecule has 1 amide bonds. The summed E-state index contributed by atoms with van der Waals surface area (Å²) >= 11 is 7.41. The van der Waals surface area contributed by atoms with E-state index < -0.39 is 0 Å². The predicted octanol–water partition coefficient (Wildman–Crippen LogP) is 5.26. The van der Waals surface area contributed by atoms with Crippen LogP contribution in [0.4, 0.5) is 5.69 Å². The molecular formula is C22H25ClN4O2S. The highest BCUT2D eigenvalue weighted by molar-refractivity contribution is 7.99. The lowest BCUT2D eigenvalue weighted by atomic mass is 10.1. The third-order valence-electron chi connectivity index (χ3n) is 4.89. The Balaban J connectivity index is 1.61. The second kappa shape index (κ2) is 9.53. The molecule has 6 nitrogen and oxygen atoms in total. The van der Waals surface area contributed by atoms with Crippen LogP contribution in [0.1, 0.15) is 35.5 Å². The Morgan fingerprint density at radius 2 is 1.97 bits per heavy atom. The van der Waals surface area contributed by atoms with E-state index in [4.69, 9.17) is 16.3 Å². The fraction of sp³-hybridized carbons (Fsp3) is 0.318. The van der Waals surface area contributed by atoms with Crippen molar-refractivity contribution in [3.05, 3.63) is 63.9 Å². The number of anilines is 1. The molecule has 0 saturated carbocycles. The molecule has 1 heterocycles. The fourth-order valence-electron chi connectivity index (χ4n) is 2.96. The van der Waals surface area contributed by atoms with Gasteiger partial charge >= 0.3 is 0 Å². The van der Waals surface area contributed by atoms with Gasteiger partial charge in [-0.05, 0) is 68.7 Å². The first-order valence-corrected chi connectivity index (χ1v) is 10.9. The second-order valence-corrected chi connectivity index (χ2v) is 8.50. The van der Waals surface area contributed by atoms with E-state index in [9.17, 15) is 4.79 Å². The molecule has 158 valence electrons. The minimum absolute atomic E-state index is 0.0841. The van der Waals surface area contributed by atoms with Crippen molar-refractivity contribution in [2.75, 3.05) is 11.1 Å². The van der Waals surface area contributed by atoms with Gasteiger partial charge in [0.1, 0.15) is 5.75 Å². The summed E-state index contributed by atoms with van der Waals surface area (Å²) in [7, 11) is 1.87. The molecule has 0 bridgehead atoms. The van der Waals surface area contributed by atoms with E-state index in [2.05, 4.69) is 15.5 Å². The molecule has 1 atom stereocenters. The van der Waals surface area contributed by atoms with E-state index in [0.29, 0.717) is 16.0 Å². The standard InChI is InChI=1S/C22H25ClN4O2S/c1-13-7-6-8-19(15(13)3)24-20(28)12-30-22-26-25-21(27(22)5)16(4)29-17-9-10-18(23)14(2)11-17/h6-11,16H,12H2,1-5H3,(H,24,28). The van der Waals surface area contributed by atoms with Crippen LogP contribution in [-0.2, 0) is 11.8 Å². The molecule has 0 radical (unpaired) electrons. The van der Waals surface area contributed by atoms with Gasteiger partial charge in [0.25, 0.3) is 0 Å². The number of hydrogen-bond acceptors (Lipinski definition) is 5. The number of hydrogen-bond donors (Lipinski definition) is 1. The number of carbonyl (C=O) groups excluding carboxylic acids is 1. The molecule has 3 rings (SSSR count). The molecule has 3 aromatic rings. The number of nitrogens with one attached hydrogen (secondary N) is 1. The third kappa shape index (κ3) is 5.15. The zero-order valence-electron chi connectivity index (χ0n) is 17.7. The summed E-state index contributed by atoms with van der Waals surface area (Å²) in [5.74, 6) is 1.55. The number of thioether (sulfide) groups is 1. The van der Waals surface area contributed by atoms with Crippen molar-refractivity contribution >= 4 is 35.0 Å². The summed E-state index contributed by atoms with van der Waals surface area (Å²) in [4.78, 5) is 12.4. The Hall–Kier alpha value is -2.51. The van der Waals surface area contributed by atoms with Crippen molar-refractivity contribution in [2.24, 2.45) is 7.05 Å². The number of carbonyl (C=O) groups is 1. The summed E-state index contributed by atoms with van der Waals surface area (Å²) in [6, 6.07) is 11.4. The van der Waals surface area contributed by atoms with Gasteiger partial charge in [0.2, 0.25) is 5.91 Å². The number of nitrogens with zero attached hydrogens (tertiary/aromatic N) is 3. The average Bonchev–Trinajstić information content (AvgIpc) is 3.07. The van der Waals surface area contributed by atoms with Gasteiger partial charge in [0, 0.05) is 17.8 Å². The third-order valence-corrected chi connectivity index (χ3v) is 6.33. The van der Waals surface area contributed by atoms with Crippen LogP contribution in [0.25, 0.3) is 0 Å². The number of amides is 1. The summed E-state index contributed by atoms with van der Waals surface area (Å²) in [6.45, 7) is 7.86. The Morgan fingerprint density at radius 1 is 1.20 bits per heavy atom. The lowest BCUT2D eigenvalue weighted by Gasteiger charge is -2.15. The van der Waals surface area contributed by atoms with Gasteiger partial charge in [-0.3, -0.25) is 4.79 Å². The maximum atomic E-state index is 12.4. The van der Waals surface area contributed by atoms with E-state index in [1.54, 1.807) is 0 Å². The van der Waals surface area contributed by atoms with Crippen LogP contribution in [0.15, 0.2) is 41.6 Å². The molecule has 2 aromatic carbocycles. The van der Waals surface area contributed by atoms with Gasteiger partial charge in [0.05, 0.1) is 5.75 Å². The van der Waals surface area contributed by atoms with Crippen LogP contribution >= 0.6 is 23.4 Å². The normalized spacial score (nSPS) is 11.9. The lowest BCUT2D eigenvalue weighted by molar-refractivity contribution is -0.113. The molecular weight excluding hydrogens is 420 g/mol. The first-order valence-electron chi connectivity index (χ1n) is 9.57. The monoisotopic (exact) mass is 444 g/mol. The molecule has 8 heteroatoms. The van der Waals surface area contributed by atoms with Gasteiger partial charge in [0.15, 0.2) is 17.1 Å². The highest BCUT2D eigenvalue weighted by atomic mass is 35.5. The van der Waals surface area contributed by atoms with Crippen LogP contribution in [0.3, 0.4) is 0 Å². The molecule has 30 heavy (non-hydrogen) atoms. The van der Waals surface area contributed by atoms with Gasteiger partial charge in [-0.15, -0.1) is 10.2 Å². The summed E-state index contributed by atoms with van der Waals surface area (Å²) in [5, 5.41) is 12.8. The minimum atomic E-state index is -0.304. The highest BCUT2D eigenvalue weighted by Crippen LogP contribution is 2.27. The molecule has 0 spiro atoms. The van der Waals surface area contributed by atoms with Gasteiger partial charge in [-0.25, -0.2) is 0 Å². The van der Waals surface area contributed by atoms with Gasteiger partial charge < -0.3 is 14.6 Å². The van der Waals surface area contributed by atoms with Crippen molar-refractivity contribution in [2.45, 2.75) is 39.0 Å². The number of halogens is 1. The molecule has 0 saturated heterocycles. The Morgan fingerprint density at radius 3 is 2.70 bits per heavy atom. The first-order chi connectivity index (χ1) is 14.3. The van der Waals surface area contributed by atoms with Crippen molar-refractivity contribution in [1.82, 2.24) is 14.8 Å². The van der Waals surface area contributed by atoms with Crippen LogP contribution in [-0.4, -0.2) is 26.4 Å². The van der Waals surface area contributed by atoms with E-state index in [-0.39, 0.29) is 17.8 Å². The Labute approximate surface area is 186 Å². The van der Waals surface area contributed by atoms with Crippen molar-refractivity contribution in [1.29, 1.82) is 0 Å². The minimum Gasteiger partial charge on any atom is -0.483 e. The molecule has 0 aliphatic rings. The highest BCUT2D eigenvalue weighted by Gasteiger charge is 2.18. The topological polar surface area (TPSA) is 69.0 Å². The Kier molecular flexibility index (Phi) is 7.05. The van der Waals surface area contributed by atoms with E-state index in [0.717, 1.165) is 28.1 Å². The van der Waals surface area contributed by atoms with Crippen LogP contribution in [0, 0.1) is 20.8 Å². The first kappa shape index (κ1) is 22.2. The molecule has 1 N–H and O–H groups in total. The number of benzene rings is 2. The Bertz CT molecular complexity index is 1070. The summed E-state index contributed by atoms with van der Waals surface area (Å²) < 4.78 is 7.84. The summed E-state index contributed by atoms with van der Waals surface area (Å²) in [6.07, 6.45) is -0.304. The molecule has 0 fully saturated rings. The smallest absolute Gasteiger partial charge is 0.234 e. The van der Waals surface area contributed by atoms with Crippen molar-refractivity contribution in [3.63, 3.8) is 0 Å². The van der Waals surface area contributed by atoms with Crippen LogP contribution < -0.4 is 10.1 Å². The lowest BCUT2D eigenvalue weighted by Crippen LogP contribution is -2.15. The van der Waals surface area contributed by atoms with Crippen LogP contribution in [0.5, 0.6) is 5.75 Å². The number of aromatic nitrogens is 3. The fourth-order valence-corrected chi connectivity index (χ4v) is 3.79. The molecule has 0 aliphatic heterocycles. The van der Waals surface area contributed by atoms with E-state index in [1.807, 2.05) is 75.7 Å². The van der Waals surface area contributed by atoms with Crippen LogP contribution in [0.2, 0.25) is 5.02 Å². The summed E-state index contributed by atoms with van der Waals surface area (Å²) in [5.41, 5.74) is 3.99. The largest absolute Gasteiger partial charge is 0.483 e. The molecule has 1 unspecified atom stereocenters. The van der Waals surface area contributed by atoms with Gasteiger partial charge in [-0.2, -0.15) is 0 Å². The van der Waals surface area contributed by atoms with Gasteiger partial charge in [-0.1, -0.05) is 35.5 Å². The quantitative estimate of drug-likeness (QED) is 0.503. The number of aryl methyl sites for hydroxylation is 2. The number of ether oxygens (including phenoxy) is 1.